The topological polar surface area (TPSA) is 77.1 Å². The largest absolute Gasteiger partial charge is 0.496 e. The van der Waals surface area contributed by atoms with Crippen LogP contribution in [0.4, 0.5) is 5.69 Å². The van der Waals surface area contributed by atoms with Crippen molar-refractivity contribution < 1.29 is 23.8 Å². The highest BCUT2D eigenvalue weighted by Crippen LogP contribution is 2.37. The third kappa shape index (κ3) is 4.94. The number of hydrogen-bond acceptors (Lipinski definition) is 6. The number of carbonyl (C=O) groups is 2. The number of hydrogen-bond donors (Lipinski definition) is 1. The Morgan fingerprint density at radius 1 is 0.969 bits per heavy atom. The molecule has 0 unspecified atom stereocenters. The third-order valence-electron chi connectivity index (χ3n) is 5.14. The van der Waals surface area contributed by atoms with Crippen LogP contribution in [0.1, 0.15) is 31.4 Å². The Hall–Kier alpha value is -3.32. The fourth-order valence-electron chi connectivity index (χ4n) is 3.59. The van der Waals surface area contributed by atoms with Gasteiger partial charge >= 0.3 is 0 Å². The highest BCUT2D eigenvalue weighted by Gasteiger charge is 2.40. The second kappa shape index (κ2) is 10.3. The van der Waals surface area contributed by atoms with Gasteiger partial charge in [-0.3, -0.25) is 14.5 Å². The first-order valence-corrected chi connectivity index (χ1v) is 10.6. The van der Waals surface area contributed by atoms with Crippen LogP contribution in [-0.4, -0.2) is 50.2 Å². The summed E-state index contributed by atoms with van der Waals surface area (Å²) in [5.74, 6) is 0.345. The summed E-state index contributed by atoms with van der Waals surface area (Å²) in [4.78, 5) is 28.1. The van der Waals surface area contributed by atoms with E-state index in [0.717, 1.165) is 5.56 Å². The maximum Gasteiger partial charge on any atom is 0.278 e. The van der Waals surface area contributed by atoms with E-state index in [2.05, 4.69) is 5.32 Å². The van der Waals surface area contributed by atoms with E-state index in [1.165, 1.54) is 4.90 Å². The summed E-state index contributed by atoms with van der Waals surface area (Å²) in [6.45, 7) is 6.57. The number of nitrogens with zero attached hydrogens (tertiary/aromatic N) is 1. The van der Waals surface area contributed by atoms with Crippen LogP contribution in [0.25, 0.3) is 5.57 Å². The van der Waals surface area contributed by atoms with Crippen molar-refractivity contribution in [3.63, 3.8) is 0 Å². The summed E-state index contributed by atoms with van der Waals surface area (Å²) >= 11 is 0. The van der Waals surface area contributed by atoms with Gasteiger partial charge < -0.3 is 19.5 Å². The van der Waals surface area contributed by atoms with Gasteiger partial charge in [0.1, 0.15) is 17.2 Å². The van der Waals surface area contributed by atoms with E-state index < -0.39 is 0 Å². The summed E-state index contributed by atoms with van der Waals surface area (Å²) in [5.41, 5.74) is 2.64. The average Bonchev–Trinajstić information content (AvgIpc) is 3.00. The Kier molecular flexibility index (Phi) is 7.53. The van der Waals surface area contributed by atoms with Crippen LogP contribution in [0.5, 0.6) is 11.5 Å². The van der Waals surface area contributed by atoms with E-state index in [-0.39, 0.29) is 35.7 Å². The molecule has 170 valence electrons. The minimum absolute atomic E-state index is 0.0910. The zero-order valence-corrected chi connectivity index (χ0v) is 19.2. The predicted molar refractivity (Wildman–Crippen MR) is 124 cm³/mol. The maximum absolute atomic E-state index is 13.4. The fraction of sp³-hybridized carbons (Fsp3) is 0.360. The lowest BCUT2D eigenvalue weighted by Gasteiger charge is -2.16. The molecule has 0 bridgehead atoms. The highest BCUT2D eigenvalue weighted by atomic mass is 16.5. The van der Waals surface area contributed by atoms with Crippen molar-refractivity contribution in [1.82, 2.24) is 4.90 Å². The van der Waals surface area contributed by atoms with Gasteiger partial charge in [-0.25, -0.2) is 0 Å². The quantitative estimate of drug-likeness (QED) is 0.446. The summed E-state index contributed by atoms with van der Waals surface area (Å²) in [6.07, 6.45) is 0.642. The molecule has 3 rings (SSSR count). The molecule has 0 fully saturated rings. The Morgan fingerprint density at radius 3 is 2.38 bits per heavy atom. The van der Waals surface area contributed by atoms with Gasteiger partial charge in [-0.05, 0) is 51.0 Å². The minimum atomic E-state index is -0.385. The monoisotopic (exact) mass is 438 g/mol. The van der Waals surface area contributed by atoms with Gasteiger partial charge in [0, 0.05) is 18.7 Å². The molecule has 1 aliphatic rings. The summed E-state index contributed by atoms with van der Waals surface area (Å²) in [7, 11) is 3.10. The number of ether oxygens (including phenoxy) is 3. The zero-order chi connectivity index (χ0) is 23.3. The summed E-state index contributed by atoms with van der Waals surface area (Å²) in [6, 6.07) is 12.8. The van der Waals surface area contributed by atoms with Crippen molar-refractivity contribution in [3.05, 3.63) is 59.3 Å². The van der Waals surface area contributed by atoms with Crippen molar-refractivity contribution in [2.45, 2.75) is 33.3 Å². The lowest BCUT2D eigenvalue weighted by Crippen LogP contribution is -2.34. The van der Waals surface area contributed by atoms with E-state index >= 15 is 0 Å². The number of imide groups is 1. The number of aryl methyl sites for hydroxylation is 1. The first-order valence-electron chi connectivity index (χ1n) is 10.6. The Bertz CT molecular complexity index is 1030. The molecule has 0 saturated carbocycles. The van der Waals surface area contributed by atoms with Gasteiger partial charge in [0.05, 0.1) is 31.6 Å². The minimum Gasteiger partial charge on any atom is -0.496 e. The summed E-state index contributed by atoms with van der Waals surface area (Å²) < 4.78 is 16.5. The number of anilines is 1. The van der Waals surface area contributed by atoms with Crippen LogP contribution < -0.4 is 14.8 Å². The van der Waals surface area contributed by atoms with Gasteiger partial charge in [0.2, 0.25) is 0 Å². The van der Waals surface area contributed by atoms with E-state index in [1.807, 2.05) is 51.1 Å². The van der Waals surface area contributed by atoms with Gasteiger partial charge in [-0.1, -0.05) is 24.3 Å². The number of amides is 2. The maximum atomic E-state index is 13.4. The molecule has 1 heterocycles. The van der Waals surface area contributed by atoms with Crippen LogP contribution in [-0.2, 0) is 14.3 Å². The molecule has 2 aromatic carbocycles. The van der Waals surface area contributed by atoms with E-state index in [9.17, 15) is 9.59 Å². The Morgan fingerprint density at radius 2 is 1.69 bits per heavy atom. The highest BCUT2D eigenvalue weighted by molar-refractivity contribution is 6.37. The third-order valence-corrected chi connectivity index (χ3v) is 5.14. The van der Waals surface area contributed by atoms with Crippen LogP contribution >= 0.6 is 0 Å². The molecule has 0 radical (unpaired) electrons. The molecule has 7 nitrogen and oxygen atoms in total. The SMILES string of the molecule is COc1ccc(C)cc1NC1=C(c2ccccc2OC)C(=O)N(CCCOC(C)C)C1=O. The molecule has 1 N–H and O–H groups in total. The van der Waals surface area contributed by atoms with Crippen LogP contribution in [0.3, 0.4) is 0 Å². The molecule has 7 heteroatoms. The number of methoxy groups -OCH3 is 2. The van der Waals surface area contributed by atoms with Gasteiger partial charge in [0.15, 0.2) is 0 Å². The Balaban J connectivity index is 2.01. The average molecular weight is 439 g/mol. The predicted octanol–water partition coefficient (Wildman–Crippen LogP) is 4.02. The van der Waals surface area contributed by atoms with Crippen LogP contribution in [0, 0.1) is 6.92 Å². The van der Waals surface area contributed by atoms with Crippen molar-refractivity contribution in [2.24, 2.45) is 0 Å². The molecule has 0 aliphatic carbocycles. The van der Waals surface area contributed by atoms with E-state index in [4.69, 9.17) is 14.2 Å². The lowest BCUT2D eigenvalue weighted by molar-refractivity contribution is -0.137. The number of benzene rings is 2. The van der Waals surface area contributed by atoms with Crippen molar-refractivity contribution in [1.29, 1.82) is 0 Å². The molecule has 2 amide bonds. The molecular weight excluding hydrogens is 408 g/mol. The van der Waals surface area contributed by atoms with Crippen molar-refractivity contribution in [3.8, 4) is 11.5 Å². The van der Waals surface area contributed by atoms with Gasteiger partial charge in [0.25, 0.3) is 11.8 Å². The fourth-order valence-corrected chi connectivity index (χ4v) is 3.59. The second-order valence-electron chi connectivity index (χ2n) is 7.81. The first kappa shape index (κ1) is 23.3. The molecule has 0 spiro atoms. The Labute approximate surface area is 189 Å². The summed E-state index contributed by atoms with van der Waals surface area (Å²) in [5, 5.41) is 3.18. The molecule has 2 aromatic rings. The smallest absolute Gasteiger partial charge is 0.278 e. The van der Waals surface area contributed by atoms with Crippen LogP contribution in [0.2, 0.25) is 0 Å². The van der Waals surface area contributed by atoms with E-state index in [1.54, 1.807) is 26.4 Å². The molecule has 0 atom stereocenters. The van der Waals surface area contributed by atoms with Gasteiger partial charge in [-0.2, -0.15) is 0 Å². The lowest BCUT2D eigenvalue weighted by atomic mass is 10.0. The molecule has 0 saturated heterocycles. The molecule has 0 aromatic heterocycles. The number of nitrogens with one attached hydrogen (secondary N) is 1. The molecule has 1 aliphatic heterocycles. The molecular formula is C25H30N2O5. The standard InChI is InChI=1S/C25H30N2O5/c1-16(2)32-14-8-13-27-24(28)22(18-9-6-7-10-20(18)30-4)23(25(27)29)26-19-15-17(3)11-12-21(19)31-5/h6-7,9-12,15-16,26H,8,13-14H2,1-5H3. The van der Waals surface area contributed by atoms with Crippen molar-refractivity contribution >= 4 is 23.1 Å². The van der Waals surface area contributed by atoms with Crippen molar-refractivity contribution in [2.75, 3.05) is 32.7 Å². The first-order chi connectivity index (χ1) is 15.4. The molecule has 32 heavy (non-hydrogen) atoms. The number of carbonyl (C=O) groups excluding carboxylic acids is 2. The second-order valence-corrected chi connectivity index (χ2v) is 7.81. The number of rotatable bonds is 10. The van der Waals surface area contributed by atoms with Crippen LogP contribution in [0.15, 0.2) is 48.2 Å². The van der Waals surface area contributed by atoms with Gasteiger partial charge in [-0.15, -0.1) is 0 Å². The van der Waals surface area contributed by atoms with E-state index in [0.29, 0.717) is 35.8 Å². The normalized spacial score (nSPS) is 13.9. The zero-order valence-electron chi connectivity index (χ0n) is 19.2. The number of para-hydroxylation sites is 1.